The number of halogens is 1. The van der Waals surface area contributed by atoms with Crippen LogP contribution in [0.1, 0.15) is 38.4 Å². The summed E-state index contributed by atoms with van der Waals surface area (Å²) < 4.78 is 15.7. The van der Waals surface area contributed by atoms with Crippen molar-refractivity contribution >= 4 is 17.0 Å². The van der Waals surface area contributed by atoms with Gasteiger partial charge in [0.05, 0.1) is 12.2 Å². The first-order valence-electron chi connectivity index (χ1n) is 9.96. The minimum atomic E-state index is -0.837. The van der Waals surface area contributed by atoms with Crippen molar-refractivity contribution in [3.63, 3.8) is 0 Å². The predicted molar refractivity (Wildman–Crippen MR) is 115 cm³/mol. The molecule has 5 heteroatoms. The summed E-state index contributed by atoms with van der Waals surface area (Å²) in [7, 11) is 0. The van der Waals surface area contributed by atoms with Crippen molar-refractivity contribution in [3.8, 4) is 11.1 Å². The normalized spacial score (nSPS) is 14.2. The molecule has 1 heterocycles. The summed E-state index contributed by atoms with van der Waals surface area (Å²) >= 11 is 0. The summed E-state index contributed by atoms with van der Waals surface area (Å²) in [4.78, 5) is 0. The van der Waals surface area contributed by atoms with Gasteiger partial charge in [0.15, 0.2) is 0 Å². The topological polar surface area (TPSA) is 65.6 Å². The molecular formula is C24H28FNO3. The van der Waals surface area contributed by atoms with Crippen LogP contribution >= 0.6 is 0 Å². The SMILES string of the molecule is CC(C)n1c(/C=C/C(O)CC(O)CCO)c(-c2ccc(F)cc2)c2ccccc21. The zero-order valence-electron chi connectivity index (χ0n) is 16.8. The van der Waals surface area contributed by atoms with Crippen molar-refractivity contribution in [1.29, 1.82) is 0 Å². The highest BCUT2D eigenvalue weighted by Gasteiger charge is 2.19. The standard InChI is InChI=1S/C24H28FNO3/c1-16(2)26-22-6-4-3-5-21(22)24(17-7-9-18(25)10-8-17)23(26)12-11-19(28)15-20(29)13-14-27/h3-12,16,19-20,27-29H,13-15H2,1-2H3/b12-11+. The van der Waals surface area contributed by atoms with Gasteiger partial charge in [-0.2, -0.15) is 0 Å². The van der Waals surface area contributed by atoms with Gasteiger partial charge in [0.2, 0.25) is 0 Å². The molecule has 1 aromatic heterocycles. The highest BCUT2D eigenvalue weighted by molar-refractivity contribution is 6.01. The number of nitrogens with zero attached hydrogens (tertiary/aromatic N) is 1. The van der Waals surface area contributed by atoms with Crippen LogP contribution in [-0.2, 0) is 0 Å². The molecule has 0 aliphatic carbocycles. The van der Waals surface area contributed by atoms with Gasteiger partial charge in [-0.3, -0.25) is 0 Å². The van der Waals surface area contributed by atoms with Crippen molar-refractivity contribution in [2.24, 2.45) is 0 Å². The van der Waals surface area contributed by atoms with Gasteiger partial charge in [-0.15, -0.1) is 0 Å². The number of aliphatic hydroxyl groups is 3. The Kier molecular flexibility index (Phi) is 6.85. The van der Waals surface area contributed by atoms with E-state index in [2.05, 4.69) is 24.5 Å². The lowest BCUT2D eigenvalue weighted by Crippen LogP contribution is -2.17. The zero-order valence-corrected chi connectivity index (χ0v) is 16.8. The van der Waals surface area contributed by atoms with Gasteiger partial charge >= 0.3 is 0 Å². The number of aliphatic hydroxyl groups excluding tert-OH is 3. The minimum Gasteiger partial charge on any atom is -0.396 e. The zero-order chi connectivity index (χ0) is 21.0. The van der Waals surface area contributed by atoms with Crippen molar-refractivity contribution in [1.82, 2.24) is 4.57 Å². The third kappa shape index (κ3) is 4.75. The lowest BCUT2D eigenvalue weighted by Gasteiger charge is -2.15. The van der Waals surface area contributed by atoms with Crippen LogP contribution in [0, 0.1) is 5.82 Å². The van der Waals surface area contributed by atoms with Crippen LogP contribution in [0.2, 0.25) is 0 Å². The summed E-state index contributed by atoms with van der Waals surface area (Å²) in [6.07, 6.45) is 2.34. The predicted octanol–water partition coefficient (Wildman–Crippen LogP) is 4.54. The molecule has 2 aromatic carbocycles. The molecule has 0 bridgehead atoms. The molecule has 0 fully saturated rings. The molecule has 2 atom stereocenters. The maximum Gasteiger partial charge on any atom is 0.123 e. The lowest BCUT2D eigenvalue weighted by atomic mass is 10.0. The Balaban J connectivity index is 2.11. The number of aromatic nitrogens is 1. The Morgan fingerprint density at radius 1 is 1.03 bits per heavy atom. The summed E-state index contributed by atoms with van der Waals surface area (Å²) in [6.45, 7) is 4.08. The Morgan fingerprint density at radius 2 is 1.72 bits per heavy atom. The molecule has 2 unspecified atom stereocenters. The minimum absolute atomic E-state index is 0.117. The van der Waals surface area contributed by atoms with Crippen LogP contribution in [0.4, 0.5) is 4.39 Å². The molecule has 29 heavy (non-hydrogen) atoms. The Hall–Kier alpha value is -2.47. The molecule has 0 aliphatic heterocycles. The van der Waals surface area contributed by atoms with Gasteiger partial charge in [0, 0.05) is 41.2 Å². The Bertz CT molecular complexity index is 976. The van der Waals surface area contributed by atoms with Gasteiger partial charge in [0.25, 0.3) is 0 Å². The van der Waals surface area contributed by atoms with Crippen molar-refractivity contribution in [2.45, 2.75) is 44.9 Å². The molecule has 0 spiro atoms. The number of para-hydroxylation sites is 1. The fourth-order valence-corrected chi connectivity index (χ4v) is 3.75. The average Bonchev–Trinajstić information content (AvgIpc) is 3.01. The number of hydrogen-bond acceptors (Lipinski definition) is 3. The molecular weight excluding hydrogens is 369 g/mol. The molecule has 0 saturated heterocycles. The van der Waals surface area contributed by atoms with E-state index < -0.39 is 12.2 Å². The fraction of sp³-hybridized carbons (Fsp3) is 0.333. The smallest absolute Gasteiger partial charge is 0.123 e. The van der Waals surface area contributed by atoms with Gasteiger partial charge in [0.1, 0.15) is 5.82 Å². The van der Waals surface area contributed by atoms with Crippen LogP contribution < -0.4 is 0 Å². The van der Waals surface area contributed by atoms with E-state index in [1.165, 1.54) is 12.1 Å². The summed E-state index contributed by atoms with van der Waals surface area (Å²) in [5.74, 6) is -0.285. The maximum absolute atomic E-state index is 13.5. The van der Waals surface area contributed by atoms with Gasteiger partial charge < -0.3 is 19.9 Å². The van der Waals surface area contributed by atoms with Crippen LogP contribution in [0.25, 0.3) is 28.1 Å². The van der Waals surface area contributed by atoms with E-state index in [1.807, 2.05) is 24.3 Å². The van der Waals surface area contributed by atoms with E-state index in [9.17, 15) is 14.6 Å². The van der Waals surface area contributed by atoms with E-state index in [0.717, 1.165) is 27.7 Å². The molecule has 0 amide bonds. The van der Waals surface area contributed by atoms with E-state index in [-0.39, 0.29) is 31.3 Å². The Labute approximate surface area is 170 Å². The number of hydrogen-bond donors (Lipinski definition) is 3. The summed E-state index contributed by atoms with van der Waals surface area (Å²) in [5.41, 5.74) is 3.87. The van der Waals surface area contributed by atoms with Crippen LogP contribution in [0.5, 0.6) is 0 Å². The monoisotopic (exact) mass is 397 g/mol. The largest absolute Gasteiger partial charge is 0.396 e. The highest BCUT2D eigenvalue weighted by Crippen LogP contribution is 2.38. The van der Waals surface area contributed by atoms with Crippen molar-refractivity contribution < 1.29 is 19.7 Å². The lowest BCUT2D eigenvalue weighted by molar-refractivity contribution is 0.0827. The van der Waals surface area contributed by atoms with E-state index in [0.29, 0.717) is 0 Å². The number of rotatable bonds is 8. The van der Waals surface area contributed by atoms with Gasteiger partial charge in [-0.25, -0.2) is 4.39 Å². The Morgan fingerprint density at radius 3 is 2.38 bits per heavy atom. The summed E-state index contributed by atoms with van der Waals surface area (Å²) in [5, 5.41) is 30.1. The molecule has 4 nitrogen and oxygen atoms in total. The fourth-order valence-electron chi connectivity index (χ4n) is 3.75. The van der Waals surface area contributed by atoms with Gasteiger partial charge in [-0.1, -0.05) is 36.4 Å². The van der Waals surface area contributed by atoms with E-state index in [4.69, 9.17) is 5.11 Å². The third-order valence-corrected chi connectivity index (χ3v) is 5.05. The molecule has 0 radical (unpaired) electrons. The average molecular weight is 397 g/mol. The van der Waals surface area contributed by atoms with Crippen LogP contribution in [-0.4, -0.2) is 38.7 Å². The van der Waals surface area contributed by atoms with Crippen LogP contribution in [0.15, 0.2) is 54.6 Å². The van der Waals surface area contributed by atoms with E-state index >= 15 is 0 Å². The first kappa shape index (κ1) is 21.2. The summed E-state index contributed by atoms with van der Waals surface area (Å²) in [6, 6.07) is 14.7. The number of fused-ring (bicyclic) bond motifs is 1. The molecule has 0 saturated carbocycles. The van der Waals surface area contributed by atoms with Crippen LogP contribution in [0.3, 0.4) is 0 Å². The molecule has 3 aromatic rings. The van der Waals surface area contributed by atoms with Crippen molar-refractivity contribution in [3.05, 3.63) is 66.1 Å². The number of benzene rings is 2. The quantitative estimate of drug-likeness (QED) is 0.523. The first-order valence-corrected chi connectivity index (χ1v) is 9.96. The second kappa shape index (κ2) is 9.35. The first-order chi connectivity index (χ1) is 13.9. The third-order valence-electron chi connectivity index (χ3n) is 5.05. The maximum atomic E-state index is 13.5. The second-order valence-corrected chi connectivity index (χ2v) is 7.58. The second-order valence-electron chi connectivity index (χ2n) is 7.58. The van der Waals surface area contributed by atoms with Crippen molar-refractivity contribution in [2.75, 3.05) is 6.61 Å². The highest BCUT2D eigenvalue weighted by atomic mass is 19.1. The van der Waals surface area contributed by atoms with Gasteiger partial charge in [-0.05, 0) is 50.1 Å². The molecule has 0 aliphatic rings. The van der Waals surface area contributed by atoms with E-state index in [1.54, 1.807) is 18.2 Å². The molecule has 154 valence electrons. The molecule has 3 N–H and O–H groups in total. The molecule has 3 rings (SSSR count).